The molecule has 0 aliphatic carbocycles. The highest BCUT2D eigenvalue weighted by Gasteiger charge is 2.33. The van der Waals surface area contributed by atoms with Gasteiger partial charge >= 0.3 is 5.97 Å². The first kappa shape index (κ1) is 31.8. The number of carbonyl (C=O) groups excluding carboxylic acids is 1. The minimum atomic E-state index is -0.387. The Labute approximate surface area is 285 Å². The molecular weight excluding hydrogens is 618 g/mol. The van der Waals surface area contributed by atoms with Gasteiger partial charge in [-0.1, -0.05) is 24.3 Å². The van der Waals surface area contributed by atoms with Gasteiger partial charge in [-0.05, 0) is 83.6 Å². The van der Waals surface area contributed by atoms with Gasteiger partial charge in [-0.2, -0.15) is 4.57 Å². The summed E-state index contributed by atoms with van der Waals surface area (Å²) in [7, 11) is 4.91. The summed E-state index contributed by atoms with van der Waals surface area (Å²) in [6, 6.07) is 19.9. The molecule has 0 unspecified atom stereocenters. The molecule has 7 rings (SSSR count). The first-order valence-corrected chi connectivity index (χ1v) is 16.2. The van der Waals surface area contributed by atoms with Crippen molar-refractivity contribution in [1.29, 1.82) is 0 Å². The van der Waals surface area contributed by atoms with Crippen LogP contribution in [-0.2, 0) is 37.0 Å². The third-order valence-electron chi connectivity index (χ3n) is 9.17. The van der Waals surface area contributed by atoms with Crippen LogP contribution >= 0.6 is 0 Å². The number of aromatic nitrogens is 1. The average molecular weight is 657 g/mol. The Hall–Kier alpha value is -5.76. The molecular formula is C41H38NO7+. The van der Waals surface area contributed by atoms with Crippen molar-refractivity contribution in [3.05, 3.63) is 114 Å². The highest BCUT2D eigenvalue weighted by Crippen LogP contribution is 2.44. The Morgan fingerprint density at radius 3 is 2.33 bits per heavy atom. The van der Waals surface area contributed by atoms with Crippen LogP contribution in [0.5, 0.6) is 34.5 Å². The highest BCUT2D eigenvalue weighted by molar-refractivity contribution is 5.97. The number of hydrogen-bond acceptors (Lipinski definition) is 7. The second-order valence-corrected chi connectivity index (χ2v) is 12.0. The Kier molecular flexibility index (Phi) is 8.70. The minimum absolute atomic E-state index is 0.0166. The van der Waals surface area contributed by atoms with Gasteiger partial charge < -0.3 is 28.4 Å². The van der Waals surface area contributed by atoms with Gasteiger partial charge in [-0.15, -0.1) is 13.2 Å². The number of ether oxygens (including phenoxy) is 6. The number of esters is 1. The molecule has 0 fully saturated rings. The molecule has 3 heterocycles. The Morgan fingerprint density at radius 2 is 1.57 bits per heavy atom. The maximum atomic E-state index is 14.0. The first-order chi connectivity index (χ1) is 24.0. The minimum Gasteiger partial charge on any atom is -0.496 e. The number of aryl methyl sites for hydroxylation is 2. The lowest BCUT2D eigenvalue weighted by Gasteiger charge is -2.21. The molecule has 8 heteroatoms. The lowest BCUT2D eigenvalue weighted by atomic mass is 9.90. The molecule has 0 saturated heterocycles. The Balaban J connectivity index is 1.30. The number of pyridine rings is 1. The predicted octanol–water partition coefficient (Wildman–Crippen LogP) is 7.38. The number of nitrogens with zero attached hydrogens (tertiary/aromatic N) is 1. The fourth-order valence-corrected chi connectivity index (χ4v) is 6.93. The summed E-state index contributed by atoms with van der Waals surface area (Å²) in [6.45, 7) is 8.73. The second-order valence-electron chi connectivity index (χ2n) is 12.0. The van der Waals surface area contributed by atoms with Gasteiger partial charge in [0.1, 0.15) is 11.5 Å². The van der Waals surface area contributed by atoms with E-state index in [4.69, 9.17) is 28.4 Å². The monoisotopic (exact) mass is 656 g/mol. The fraction of sp³-hybridized carbons (Fsp3) is 0.220. The normalized spacial score (nSPS) is 12.6. The van der Waals surface area contributed by atoms with Crippen LogP contribution in [0, 0.1) is 0 Å². The number of carbonyl (C=O) groups is 1. The molecule has 0 spiro atoms. The van der Waals surface area contributed by atoms with Gasteiger partial charge in [0.15, 0.2) is 35.7 Å². The van der Waals surface area contributed by atoms with E-state index in [0.29, 0.717) is 36.0 Å². The summed E-state index contributed by atoms with van der Waals surface area (Å²) in [5.41, 5.74) is 7.77. The molecule has 0 saturated carbocycles. The van der Waals surface area contributed by atoms with Crippen molar-refractivity contribution in [2.45, 2.75) is 32.2 Å². The molecule has 0 amide bonds. The standard InChI is InChI=1S/C41H38NO7/c1-6-8-25-10-13-35(44-3)30(18-25)26-11-14-34(28(19-26)9-7-2)49-39(43)22-32-29-12-15-36(45-4)41(46-5)33(29)23-42-17-16-27-20-37-38(48-24-47-37)21-31(27)40(32)42/h6-7,10-15,18-21,23H,1-2,8-9,16-17,22,24H2,3-5H3/q+1. The molecule has 0 bridgehead atoms. The van der Waals surface area contributed by atoms with Crippen LogP contribution < -0.4 is 33.0 Å². The van der Waals surface area contributed by atoms with Crippen LogP contribution in [0.1, 0.15) is 22.3 Å². The molecule has 49 heavy (non-hydrogen) atoms. The molecule has 248 valence electrons. The van der Waals surface area contributed by atoms with Crippen molar-refractivity contribution in [3.63, 3.8) is 0 Å². The van der Waals surface area contributed by atoms with Crippen molar-refractivity contribution < 1.29 is 37.8 Å². The lowest BCUT2D eigenvalue weighted by Crippen LogP contribution is -2.41. The van der Waals surface area contributed by atoms with Gasteiger partial charge in [0.2, 0.25) is 12.5 Å². The molecule has 2 aliphatic rings. The van der Waals surface area contributed by atoms with E-state index in [1.165, 1.54) is 0 Å². The van der Waals surface area contributed by atoms with Crippen LogP contribution in [-0.4, -0.2) is 34.1 Å². The zero-order chi connectivity index (χ0) is 34.1. The summed E-state index contributed by atoms with van der Waals surface area (Å²) >= 11 is 0. The van der Waals surface area contributed by atoms with E-state index >= 15 is 0 Å². The average Bonchev–Trinajstić information content (AvgIpc) is 3.58. The molecule has 0 N–H and O–H groups in total. The summed E-state index contributed by atoms with van der Waals surface area (Å²) < 4.78 is 37.0. The molecule has 5 aromatic rings. The van der Waals surface area contributed by atoms with Crippen LogP contribution in [0.15, 0.2) is 92.2 Å². The van der Waals surface area contributed by atoms with E-state index in [-0.39, 0.29) is 19.2 Å². The van der Waals surface area contributed by atoms with Crippen LogP contribution in [0.4, 0.5) is 0 Å². The van der Waals surface area contributed by atoms with E-state index in [0.717, 1.165) is 79.8 Å². The number of benzene rings is 4. The van der Waals surface area contributed by atoms with Crippen LogP contribution in [0.2, 0.25) is 0 Å². The summed E-state index contributed by atoms with van der Waals surface area (Å²) in [4.78, 5) is 14.0. The number of fused-ring (bicyclic) bond motifs is 5. The van der Waals surface area contributed by atoms with Crippen molar-refractivity contribution in [2.24, 2.45) is 0 Å². The topological polar surface area (TPSA) is 76.3 Å². The molecule has 0 radical (unpaired) electrons. The van der Waals surface area contributed by atoms with Gasteiger partial charge in [0.05, 0.1) is 38.7 Å². The van der Waals surface area contributed by atoms with Gasteiger partial charge in [-0.25, -0.2) is 0 Å². The van der Waals surface area contributed by atoms with Crippen molar-refractivity contribution in [2.75, 3.05) is 28.1 Å². The van der Waals surface area contributed by atoms with Gasteiger partial charge in [-0.3, -0.25) is 4.79 Å². The zero-order valence-corrected chi connectivity index (χ0v) is 28.0. The molecule has 0 atom stereocenters. The SMILES string of the molecule is C=CCc1ccc(OC)c(-c2ccc(OC(=O)Cc3c4[n+](cc5c(OC)c(OC)ccc35)CCc3cc5c(cc3-4)OCO5)c(CC=C)c2)c1. The molecule has 4 aromatic carbocycles. The maximum Gasteiger partial charge on any atom is 0.315 e. The van der Waals surface area contributed by atoms with Gasteiger partial charge in [0.25, 0.3) is 0 Å². The van der Waals surface area contributed by atoms with E-state index in [1.54, 1.807) is 27.4 Å². The number of rotatable bonds is 11. The quantitative estimate of drug-likeness (QED) is 0.0636. The third-order valence-corrected chi connectivity index (χ3v) is 9.17. The van der Waals surface area contributed by atoms with Gasteiger partial charge in [0, 0.05) is 22.9 Å². The molecule has 2 aliphatic heterocycles. The number of methoxy groups -OCH3 is 3. The highest BCUT2D eigenvalue weighted by atomic mass is 16.7. The second kappa shape index (κ2) is 13.4. The van der Waals surface area contributed by atoms with Crippen molar-refractivity contribution in [3.8, 4) is 56.9 Å². The first-order valence-electron chi connectivity index (χ1n) is 16.2. The maximum absolute atomic E-state index is 14.0. The molecule has 1 aromatic heterocycles. The largest absolute Gasteiger partial charge is 0.496 e. The van der Waals surface area contributed by atoms with E-state index < -0.39 is 0 Å². The summed E-state index contributed by atoms with van der Waals surface area (Å²) in [6.07, 6.45) is 7.83. The predicted molar refractivity (Wildman–Crippen MR) is 188 cm³/mol. The van der Waals surface area contributed by atoms with Crippen LogP contribution in [0.25, 0.3) is 33.2 Å². The zero-order valence-electron chi connectivity index (χ0n) is 28.0. The van der Waals surface area contributed by atoms with E-state index in [9.17, 15) is 4.79 Å². The summed E-state index contributed by atoms with van der Waals surface area (Å²) in [5, 5.41) is 1.72. The number of allylic oxidation sites excluding steroid dienone is 2. The number of hydrogen-bond donors (Lipinski definition) is 0. The lowest BCUT2D eigenvalue weighted by molar-refractivity contribution is -0.686. The summed E-state index contributed by atoms with van der Waals surface area (Å²) in [5.74, 6) is 3.51. The van der Waals surface area contributed by atoms with E-state index in [2.05, 4.69) is 30.0 Å². The third kappa shape index (κ3) is 5.84. The van der Waals surface area contributed by atoms with Crippen molar-refractivity contribution in [1.82, 2.24) is 0 Å². The molecule has 8 nitrogen and oxygen atoms in total. The smallest absolute Gasteiger partial charge is 0.315 e. The Morgan fingerprint density at radius 1 is 0.816 bits per heavy atom. The van der Waals surface area contributed by atoms with Crippen molar-refractivity contribution >= 4 is 16.7 Å². The fourth-order valence-electron chi connectivity index (χ4n) is 6.93. The Bertz CT molecular complexity index is 2130. The van der Waals surface area contributed by atoms with E-state index in [1.807, 2.05) is 60.7 Å². The van der Waals surface area contributed by atoms with Crippen LogP contribution in [0.3, 0.4) is 0 Å².